The first kappa shape index (κ1) is 17.9. The van der Waals surface area contributed by atoms with Crippen LogP contribution in [0.3, 0.4) is 0 Å². The van der Waals surface area contributed by atoms with Crippen molar-refractivity contribution in [2.45, 2.75) is 6.92 Å². The van der Waals surface area contributed by atoms with Crippen molar-refractivity contribution in [1.29, 1.82) is 0 Å². The molecule has 2 rings (SSSR count). The summed E-state index contributed by atoms with van der Waals surface area (Å²) >= 11 is 0. The van der Waals surface area contributed by atoms with Gasteiger partial charge >= 0.3 is 0 Å². The van der Waals surface area contributed by atoms with Crippen LogP contribution >= 0.6 is 0 Å². The van der Waals surface area contributed by atoms with E-state index in [4.69, 9.17) is 9.47 Å². The van der Waals surface area contributed by atoms with Crippen LogP contribution in [0.4, 0.5) is 11.4 Å². The van der Waals surface area contributed by atoms with Gasteiger partial charge in [-0.3, -0.25) is 19.7 Å². The molecule has 0 spiro atoms. The van der Waals surface area contributed by atoms with E-state index in [-0.39, 0.29) is 23.8 Å². The zero-order chi connectivity index (χ0) is 18.4. The fourth-order valence-corrected chi connectivity index (χ4v) is 2.04. The Kier molecular flexibility index (Phi) is 5.67. The Bertz CT molecular complexity index is 819. The van der Waals surface area contributed by atoms with Crippen LogP contribution in [-0.2, 0) is 4.79 Å². The molecule has 0 aliphatic rings. The van der Waals surface area contributed by atoms with Crippen LogP contribution in [0.1, 0.15) is 17.3 Å². The fourth-order valence-electron chi connectivity index (χ4n) is 2.04. The van der Waals surface area contributed by atoms with Crippen molar-refractivity contribution >= 4 is 23.1 Å². The second kappa shape index (κ2) is 7.91. The lowest BCUT2D eigenvalue weighted by Crippen LogP contribution is -2.20. The molecule has 8 nitrogen and oxygen atoms in total. The summed E-state index contributed by atoms with van der Waals surface area (Å²) < 4.78 is 10.4. The van der Waals surface area contributed by atoms with Gasteiger partial charge in [0, 0.05) is 11.6 Å². The van der Waals surface area contributed by atoms with Crippen molar-refractivity contribution in [3.8, 4) is 11.5 Å². The molecule has 0 aliphatic heterocycles. The predicted octanol–water partition coefficient (Wildman–Crippen LogP) is 2.82. The number of carbonyl (C=O) groups excluding carboxylic acids is 2. The van der Waals surface area contributed by atoms with Crippen LogP contribution in [0.2, 0.25) is 0 Å². The van der Waals surface area contributed by atoms with Crippen molar-refractivity contribution in [1.82, 2.24) is 0 Å². The van der Waals surface area contributed by atoms with Gasteiger partial charge in [0.2, 0.25) is 0 Å². The molecular weight excluding hydrogens is 328 g/mol. The molecule has 0 bridgehead atoms. The van der Waals surface area contributed by atoms with Crippen LogP contribution in [0, 0.1) is 10.1 Å². The zero-order valence-electron chi connectivity index (χ0n) is 13.6. The number of nitro benzene ring substituents is 1. The summed E-state index contributed by atoms with van der Waals surface area (Å²) in [4.78, 5) is 33.5. The second-order valence-corrected chi connectivity index (χ2v) is 5.06. The van der Waals surface area contributed by atoms with Crippen molar-refractivity contribution in [2.24, 2.45) is 0 Å². The number of nitrogens with one attached hydrogen (secondary N) is 1. The van der Waals surface area contributed by atoms with Crippen molar-refractivity contribution in [2.75, 3.05) is 19.0 Å². The Balaban J connectivity index is 2.02. The highest BCUT2D eigenvalue weighted by Gasteiger charge is 2.13. The van der Waals surface area contributed by atoms with Gasteiger partial charge in [-0.25, -0.2) is 0 Å². The number of hydrogen-bond donors (Lipinski definition) is 1. The lowest BCUT2D eigenvalue weighted by molar-refractivity contribution is -0.384. The van der Waals surface area contributed by atoms with Crippen LogP contribution in [0.25, 0.3) is 0 Å². The normalized spacial score (nSPS) is 10.0. The molecule has 1 N–H and O–H groups in total. The van der Waals surface area contributed by atoms with E-state index < -0.39 is 10.8 Å². The number of methoxy groups -OCH3 is 1. The molecule has 0 radical (unpaired) electrons. The van der Waals surface area contributed by atoms with Crippen molar-refractivity contribution in [3.63, 3.8) is 0 Å². The third-order valence-corrected chi connectivity index (χ3v) is 3.28. The average Bonchev–Trinajstić information content (AvgIpc) is 2.60. The Morgan fingerprint density at radius 2 is 1.96 bits per heavy atom. The Hall–Kier alpha value is -3.42. The van der Waals surface area contributed by atoms with Gasteiger partial charge in [0.1, 0.15) is 11.5 Å². The molecule has 2 aromatic carbocycles. The maximum absolute atomic E-state index is 12.0. The Labute approximate surface area is 143 Å². The van der Waals surface area contributed by atoms with Gasteiger partial charge < -0.3 is 14.8 Å². The number of nitro groups is 1. The maximum Gasteiger partial charge on any atom is 0.273 e. The molecule has 1 amide bonds. The SMILES string of the molecule is COc1cc([N+](=O)[O-])ccc1NC(=O)COc1cccc(C(C)=O)c1. The minimum atomic E-state index is -0.556. The van der Waals surface area contributed by atoms with Crippen molar-refractivity contribution < 1.29 is 24.0 Å². The number of carbonyl (C=O) groups is 2. The third kappa shape index (κ3) is 4.77. The van der Waals surface area contributed by atoms with Crippen LogP contribution < -0.4 is 14.8 Å². The molecule has 0 fully saturated rings. The Morgan fingerprint density at radius 3 is 2.60 bits per heavy atom. The first-order valence-corrected chi connectivity index (χ1v) is 7.27. The largest absolute Gasteiger partial charge is 0.494 e. The van der Waals surface area contributed by atoms with Gasteiger partial charge in [-0.2, -0.15) is 0 Å². The first-order valence-electron chi connectivity index (χ1n) is 7.27. The fraction of sp³-hybridized carbons (Fsp3) is 0.176. The standard InChI is InChI=1S/C17H16N2O6/c1-11(20)12-4-3-5-14(8-12)25-10-17(21)18-15-7-6-13(19(22)23)9-16(15)24-2/h3-9H,10H2,1-2H3,(H,18,21). The molecule has 0 saturated carbocycles. The number of Topliss-reactive ketones (excluding diaryl/α,β-unsaturated/α-hetero) is 1. The topological polar surface area (TPSA) is 108 Å². The molecule has 0 aromatic heterocycles. The lowest BCUT2D eigenvalue weighted by atomic mass is 10.1. The number of ether oxygens (including phenoxy) is 2. The zero-order valence-corrected chi connectivity index (χ0v) is 13.6. The summed E-state index contributed by atoms with van der Waals surface area (Å²) in [6, 6.07) is 10.3. The minimum Gasteiger partial charge on any atom is -0.494 e. The van der Waals surface area contributed by atoms with E-state index in [0.29, 0.717) is 17.0 Å². The quantitative estimate of drug-likeness (QED) is 0.470. The summed E-state index contributed by atoms with van der Waals surface area (Å²) in [7, 11) is 1.35. The van der Waals surface area contributed by atoms with E-state index in [1.165, 1.54) is 32.2 Å². The third-order valence-electron chi connectivity index (χ3n) is 3.28. The van der Waals surface area contributed by atoms with E-state index in [1.807, 2.05) is 0 Å². The van der Waals surface area contributed by atoms with Crippen LogP contribution in [0.15, 0.2) is 42.5 Å². The number of amides is 1. The summed E-state index contributed by atoms with van der Waals surface area (Å²) in [6.07, 6.45) is 0. The summed E-state index contributed by atoms with van der Waals surface area (Å²) in [5, 5.41) is 13.3. The smallest absolute Gasteiger partial charge is 0.273 e. The summed E-state index contributed by atoms with van der Waals surface area (Å²) in [5.41, 5.74) is 0.626. The van der Waals surface area contributed by atoms with Gasteiger partial charge in [0.25, 0.3) is 11.6 Å². The number of hydrogen-bond acceptors (Lipinski definition) is 6. The second-order valence-electron chi connectivity index (χ2n) is 5.06. The highest BCUT2D eigenvalue weighted by Crippen LogP contribution is 2.28. The molecular formula is C17H16N2O6. The highest BCUT2D eigenvalue weighted by atomic mass is 16.6. The van der Waals surface area contributed by atoms with Gasteiger partial charge in [-0.05, 0) is 25.1 Å². The van der Waals surface area contributed by atoms with Gasteiger partial charge in [0.15, 0.2) is 12.4 Å². The molecule has 0 aliphatic carbocycles. The van der Waals surface area contributed by atoms with E-state index in [0.717, 1.165) is 0 Å². The maximum atomic E-state index is 12.0. The lowest BCUT2D eigenvalue weighted by Gasteiger charge is -2.11. The van der Waals surface area contributed by atoms with Crippen molar-refractivity contribution in [3.05, 3.63) is 58.1 Å². The number of ketones is 1. The summed E-state index contributed by atoms with van der Waals surface area (Å²) in [6.45, 7) is 1.15. The molecule has 130 valence electrons. The van der Waals surface area contributed by atoms with Gasteiger partial charge in [-0.1, -0.05) is 12.1 Å². The molecule has 0 saturated heterocycles. The number of non-ortho nitro benzene ring substituents is 1. The number of benzene rings is 2. The molecule has 2 aromatic rings. The van der Waals surface area contributed by atoms with E-state index in [2.05, 4.69) is 5.32 Å². The van der Waals surface area contributed by atoms with Gasteiger partial charge in [-0.15, -0.1) is 0 Å². The first-order chi connectivity index (χ1) is 11.9. The van der Waals surface area contributed by atoms with Gasteiger partial charge in [0.05, 0.1) is 23.8 Å². The average molecular weight is 344 g/mol. The van der Waals surface area contributed by atoms with Crippen LogP contribution in [0.5, 0.6) is 11.5 Å². The molecule has 8 heteroatoms. The molecule has 0 heterocycles. The molecule has 0 atom stereocenters. The van der Waals surface area contributed by atoms with E-state index in [9.17, 15) is 19.7 Å². The number of rotatable bonds is 7. The molecule has 0 unspecified atom stereocenters. The Morgan fingerprint density at radius 1 is 1.20 bits per heavy atom. The van der Waals surface area contributed by atoms with Crippen LogP contribution in [-0.4, -0.2) is 30.3 Å². The predicted molar refractivity (Wildman–Crippen MR) is 90.2 cm³/mol. The number of nitrogens with zero attached hydrogens (tertiary/aromatic N) is 1. The monoisotopic (exact) mass is 344 g/mol. The highest BCUT2D eigenvalue weighted by molar-refractivity contribution is 5.95. The number of anilines is 1. The molecule has 25 heavy (non-hydrogen) atoms. The summed E-state index contributed by atoms with van der Waals surface area (Å²) in [5.74, 6) is -0.0226. The van der Waals surface area contributed by atoms with E-state index >= 15 is 0 Å². The van der Waals surface area contributed by atoms with E-state index in [1.54, 1.807) is 24.3 Å². The minimum absolute atomic E-state index is 0.106.